The number of carbonyl (C=O) groups is 1. The summed E-state index contributed by atoms with van der Waals surface area (Å²) in [5, 5.41) is 2.72. The Bertz CT molecular complexity index is 202. The summed E-state index contributed by atoms with van der Waals surface area (Å²) in [6.45, 7) is 7.52. The first-order valence-electron chi connectivity index (χ1n) is 4.56. The molecule has 1 aliphatic carbocycles. The Kier molecular flexibility index (Phi) is 2.52. The SMILES string of the molecule is CC1C(N)C1NC(=O)OC(C)(C)C. The van der Waals surface area contributed by atoms with Crippen molar-refractivity contribution in [2.45, 2.75) is 45.4 Å². The van der Waals surface area contributed by atoms with Gasteiger partial charge in [-0.05, 0) is 26.7 Å². The number of hydrogen-bond donors (Lipinski definition) is 2. The normalized spacial score (nSPS) is 32.5. The lowest BCUT2D eigenvalue weighted by molar-refractivity contribution is 0.0520. The lowest BCUT2D eigenvalue weighted by Crippen LogP contribution is -2.35. The van der Waals surface area contributed by atoms with Crippen LogP contribution in [0.2, 0.25) is 0 Å². The van der Waals surface area contributed by atoms with Crippen molar-refractivity contribution >= 4 is 6.09 Å². The molecule has 1 aliphatic rings. The van der Waals surface area contributed by atoms with E-state index in [2.05, 4.69) is 5.32 Å². The van der Waals surface area contributed by atoms with Crippen molar-refractivity contribution in [3.8, 4) is 0 Å². The Labute approximate surface area is 78.8 Å². The van der Waals surface area contributed by atoms with Gasteiger partial charge in [0.2, 0.25) is 0 Å². The summed E-state index contributed by atoms with van der Waals surface area (Å²) in [6.07, 6.45) is -0.378. The van der Waals surface area contributed by atoms with Crippen LogP contribution in [0.3, 0.4) is 0 Å². The Morgan fingerprint density at radius 2 is 1.92 bits per heavy atom. The van der Waals surface area contributed by atoms with E-state index < -0.39 is 5.60 Å². The lowest BCUT2D eigenvalue weighted by atomic mass is 10.2. The summed E-state index contributed by atoms with van der Waals surface area (Å²) in [5.41, 5.74) is 5.21. The summed E-state index contributed by atoms with van der Waals surface area (Å²) >= 11 is 0. The van der Waals surface area contributed by atoms with E-state index in [4.69, 9.17) is 10.5 Å². The number of alkyl carbamates (subject to hydrolysis) is 1. The second kappa shape index (κ2) is 3.18. The molecule has 0 aromatic carbocycles. The van der Waals surface area contributed by atoms with Crippen molar-refractivity contribution in [2.75, 3.05) is 0 Å². The Morgan fingerprint density at radius 3 is 2.23 bits per heavy atom. The molecule has 1 rings (SSSR count). The molecule has 0 aromatic heterocycles. The molecule has 0 aliphatic heterocycles. The van der Waals surface area contributed by atoms with Crippen LogP contribution in [-0.4, -0.2) is 23.8 Å². The van der Waals surface area contributed by atoms with Crippen LogP contribution in [0.5, 0.6) is 0 Å². The van der Waals surface area contributed by atoms with Gasteiger partial charge >= 0.3 is 6.09 Å². The molecule has 4 nitrogen and oxygen atoms in total. The largest absolute Gasteiger partial charge is 0.444 e. The van der Waals surface area contributed by atoms with Gasteiger partial charge in [-0.3, -0.25) is 0 Å². The van der Waals surface area contributed by atoms with E-state index in [1.165, 1.54) is 0 Å². The highest BCUT2D eigenvalue weighted by Crippen LogP contribution is 2.28. The smallest absolute Gasteiger partial charge is 0.407 e. The second-order valence-corrected chi connectivity index (χ2v) is 4.61. The average molecular weight is 186 g/mol. The monoisotopic (exact) mass is 186 g/mol. The van der Waals surface area contributed by atoms with Gasteiger partial charge in [-0.1, -0.05) is 6.92 Å². The highest BCUT2D eigenvalue weighted by atomic mass is 16.6. The maximum Gasteiger partial charge on any atom is 0.407 e. The highest BCUT2D eigenvalue weighted by Gasteiger charge is 2.45. The summed E-state index contributed by atoms with van der Waals surface area (Å²) in [5.74, 6) is 0.368. The lowest BCUT2D eigenvalue weighted by Gasteiger charge is -2.19. The van der Waals surface area contributed by atoms with E-state index in [9.17, 15) is 4.79 Å². The van der Waals surface area contributed by atoms with E-state index in [0.29, 0.717) is 5.92 Å². The van der Waals surface area contributed by atoms with E-state index in [1.54, 1.807) is 0 Å². The van der Waals surface area contributed by atoms with Gasteiger partial charge in [0.05, 0.1) is 6.04 Å². The predicted octanol–water partition coefficient (Wildman–Crippen LogP) is 0.857. The van der Waals surface area contributed by atoms with Gasteiger partial charge in [0.1, 0.15) is 5.60 Å². The van der Waals surface area contributed by atoms with Crippen LogP contribution < -0.4 is 11.1 Å². The molecule has 1 amide bonds. The topological polar surface area (TPSA) is 64.3 Å². The molecule has 0 radical (unpaired) electrons. The third kappa shape index (κ3) is 2.88. The summed E-state index contributed by atoms with van der Waals surface area (Å²) in [4.78, 5) is 11.2. The van der Waals surface area contributed by atoms with Gasteiger partial charge in [0.25, 0.3) is 0 Å². The summed E-state index contributed by atoms with van der Waals surface area (Å²) in [7, 11) is 0. The fourth-order valence-corrected chi connectivity index (χ4v) is 1.17. The van der Waals surface area contributed by atoms with Gasteiger partial charge in [-0.2, -0.15) is 0 Å². The number of ether oxygens (including phenoxy) is 1. The molecule has 3 atom stereocenters. The summed E-state index contributed by atoms with van der Waals surface area (Å²) in [6, 6.07) is 0.183. The average Bonchev–Trinajstić information content (AvgIpc) is 2.40. The molecule has 0 aromatic rings. The fourth-order valence-electron chi connectivity index (χ4n) is 1.17. The molecule has 1 fully saturated rings. The maximum atomic E-state index is 11.2. The standard InChI is InChI=1S/C9H18N2O2/c1-5-6(10)7(5)11-8(12)13-9(2,3)4/h5-7H,10H2,1-4H3,(H,11,12). The fraction of sp³-hybridized carbons (Fsp3) is 0.889. The van der Waals surface area contributed by atoms with Crippen LogP contribution in [0.15, 0.2) is 0 Å². The van der Waals surface area contributed by atoms with Gasteiger partial charge in [0.15, 0.2) is 0 Å². The molecular formula is C9H18N2O2. The first-order valence-corrected chi connectivity index (χ1v) is 4.56. The number of hydrogen-bond acceptors (Lipinski definition) is 3. The minimum absolute atomic E-state index is 0.0903. The Balaban J connectivity index is 2.27. The van der Waals surface area contributed by atoms with E-state index in [-0.39, 0.29) is 18.2 Å². The number of nitrogens with two attached hydrogens (primary N) is 1. The number of nitrogens with one attached hydrogen (secondary N) is 1. The molecule has 0 bridgehead atoms. The van der Waals surface area contributed by atoms with Crippen molar-refractivity contribution in [2.24, 2.45) is 11.7 Å². The molecular weight excluding hydrogens is 168 g/mol. The van der Waals surface area contributed by atoms with Gasteiger partial charge in [-0.15, -0.1) is 0 Å². The number of rotatable bonds is 1. The molecule has 0 saturated heterocycles. The van der Waals surface area contributed by atoms with Gasteiger partial charge in [-0.25, -0.2) is 4.79 Å². The highest BCUT2D eigenvalue weighted by molar-refractivity contribution is 5.68. The minimum Gasteiger partial charge on any atom is -0.444 e. The third-order valence-electron chi connectivity index (χ3n) is 2.13. The predicted molar refractivity (Wildman–Crippen MR) is 50.3 cm³/mol. The molecule has 0 spiro atoms. The number of amides is 1. The van der Waals surface area contributed by atoms with Crippen molar-refractivity contribution in [1.29, 1.82) is 0 Å². The minimum atomic E-state index is -0.438. The van der Waals surface area contributed by atoms with Crippen LogP contribution in [0.25, 0.3) is 0 Å². The number of carbonyl (C=O) groups excluding carboxylic acids is 1. The first-order chi connectivity index (χ1) is 5.81. The Morgan fingerprint density at radius 1 is 1.46 bits per heavy atom. The zero-order valence-corrected chi connectivity index (χ0v) is 8.63. The third-order valence-corrected chi connectivity index (χ3v) is 2.13. The molecule has 13 heavy (non-hydrogen) atoms. The Hall–Kier alpha value is -0.770. The molecule has 3 N–H and O–H groups in total. The van der Waals surface area contributed by atoms with Crippen LogP contribution in [0.1, 0.15) is 27.7 Å². The molecule has 3 unspecified atom stereocenters. The van der Waals surface area contributed by atoms with Crippen LogP contribution >= 0.6 is 0 Å². The maximum absolute atomic E-state index is 11.2. The first kappa shape index (κ1) is 10.3. The van der Waals surface area contributed by atoms with Crippen LogP contribution in [-0.2, 0) is 4.74 Å². The molecule has 0 heterocycles. The quantitative estimate of drug-likeness (QED) is 0.638. The van der Waals surface area contributed by atoms with Gasteiger partial charge < -0.3 is 15.8 Å². The molecule has 1 saturated carbocycles. The van der Waals surface area contributed by atoms with Crippen molar-refractivity contribution in [3.63, 3.8) is 0 Å². The molecule has 4 heteroatoms. The molecule has 76 valence electrons. The zero-order chi connectivity index (χ0) is 10.2. The zero-order valence-electron chi connectivity index (χ0n) is 8.63. The van der Waals surface area contributed by atoms with Crippen molar-refractivity contribution in [1.82, 2.24) is 5.32 Å². The van der Waals surface area contributed by atoms with E-state index in [1.807, 2.05) is 27.7 Å². The van der Waals surface area contributed by atoms with Crippen molar-refractivity contribution in [3.05, 3.63) is 0 Å². The van der Waals surface area contributed by atoms with Crippen LogP contribution in [0.4, 0.5) is 4.79 Å². The van der Waals surface area contributed by atoms with Gasteiger partial charge in [0, 0.05) is 6.04 Å². The van der Waals surface area contributed by atoms with Crippen LogP contribution in [0, 0.1) is 5.92 Å². The summed E-state index contributed by atoms with van der Waals surface area (Å²) < 4.78 is 5.08. The van der Waals surface area contributed by atoms with E-state index in [0.717, 1.165) is 0 Å². The van der Waals surface area contributed by atoms with E-state index >= 15 is 0 Å². The second-order valence-electron chi connectivity index (χ2n) is 4.61. The van der Waals surface area contributed by atoms with Crippen molar-refractivity contribution < 1.29 is 9.53 Å².